The molecule has 0 spiro atoms. The van der Waals surface area contributed by atoms with Crippen molar-refractivity contribution in [1.82, 2.24) is 0 Å². The molecular formula is C33H44O3Si. The third-order valence-corrected chi connectivity index (χ3v) is 14.0. The van der Waals surface area contributed by atoms with Gasteiger partial charge in [0.15, 0.2) is 0 Å². The second-order valence-corrected chi connectivity index (χ2v) is 18.2. The predicted octanol–water partition coefficient (Wildman–Crippen LogP) is 8.89. The SMILES string of the molecule is CCOC(=O)c1ccc(/C=C/c2ccc(O[Si](C)(C)C(C)(C)C)c(C34CC5CC(CC(C5)C3)C4)c2)cc1. The molecule has 0 amide bonds. The minimum Gasteiger partial charge on any atom is -0.543 e. The molecule has 0 atom stereocenters. The Labute approximate surface area is 224 Å². The molecule has 4 aliphatic rings. The van der Waals surface area contributed by atoms with E-state index in [-0.39, 0.29) is 16.4 Å². The van der Waals surface area contributed by atoms with Crippen LogP contribution in [0.4, 0.5) is 0 Å². The first-order chi connectivity index (χ1) is 17.5. The molecule has 2 aromatic rings. The van der Waals surface area contributed by atoms with Gasteiger partial charge in [-0.05, 0) is 128 Å². The highest BCUT2D eigenvalue weighted by Gasteiger charge is 2.53. The maximum Gasteiger partial charge on any atom is 0.338 e. The van der Waals surface area contributed by atoms with Gasteiger partial charge < -0.3 is 9.16 Å². The van der Waals surface area contributed by atoms with Gasteiger partial charge in [0.2, 0.25) is 8.32 Å². The van der Waals surface area contributed by atoms with Gasteiger partial charge in [-0.2, -0.15) is 0 Å². The number of carbonyl (C=O) groups is 1. The summed E-state index contributed by atoms with van der Waals surface area (Å²) in [5.74, 6) is 3.55. The van der Waals surface area contributed by atoms with Crippen LogP contribution in [0.3, 0.4) is 0 Å². The van der Waals surface area contributed by atoms with E-state index in [2.05, 4.69) is 64.2 Å². The van der Waals surface area contributed by atoms with Gasteiger partial charge in [0, 0.05) is 0 Å². The molecule has 4 aliphatic carbocycles. The van der Waals surface area contributed by atoms with Crippen LogP contribution in [0.5, 0.6) is 5.75 Å². The predicted molar refractivity (Wildman–Crippen MR) is 155 cm³/mol. The molecular weight excluding hydrogens is 472 g/mol. The fraction of sp³-hybridized carbons (Fsp3) is 0.545. The second kappa shape index (κ2) is 9.76. The van der Waals surface area contributed by atoms with E-state index in [1.165, 1.54) is 49.7 Å². The van der Waals surface area contributed by atoms with Crippen molar-refractivity contribution in [2.45, 2.75) is 89.8 Å². The van der Waals surface area contributed by atoms with E-state index in [1.54, 1.807) is 0 Å². The Morgan fingerprint density at radius 3 is 2.00 bits per heavy atom. The molecule has 4 heteroatoms. The summed E-state index contributed by atoms with van der Waals surface area (Å²) in [5.41, 5.74) is 4.64. The maximum absolute atomic E-state index is 12.0. The smallest absolute Gasteiger partial charge is 0.338 e. The summed E-state index contributed by atoms with van der Waals surface area (Å²) in [6, 6.07) is 14.6. The standard InChI is InChI=1S/C33H44O3Si/c1-7-35-31(34)28-13-10-23(11-14-28)8-9-24-12-15-30(36-37(5,6)32(2,3)4)29(19-24)33-20-25-16-26(21-33)18-27(17-25)22-33/h8-15,19,25-27H,7,16-18,20-22H2,1-6H3/b9-8+. The van der Waals surface area contributed by atoms with Gasteiger partial charge >= 0.3 is 5.97 Å². The number of esters is 1. The molecule has 37 heavy (non-hydrogen) atoms. The highest BCUT2D eigenvalue weighted by Crippen LogP contribution is 2.62. The van der Waals surface area contributed by atoms with Crippen LogP contribution >= 0.6 is 0 Å². The molecule has 3 nitrogen and oxygen atoms in total. The Morgan fingerprint density at radius 1 is 0.919 bits per heavy atom. The van der Waals surface area contributed by atoms with Crippen molar-refractivity contribution in [2.24, 2.45) is 17.8 Å². The summed E-state index contributed by atoms with van der Waals surface area (Å²) in [5, 5.41) is 0.167. The zero-order chi connectivity index (χ0) is 26.4. The lowest BCUT2D eigenvalue weighted by molar-refractivity contribution is -0.00587. The quantitative estimate of drug-likeness (QED) is 0.209. The van der Waals surface area contributed by atoms with Crippen LogP contribution in [0.2, 0.25) is 18.1 Å². The molecule has 4 bridgehead atoms. The van der Waals surface area contributed by atoms with Crippen molar-refractivity contribution in [3.05, 3.63) is 64.7 Å². The highest BCUT2D eigenvalue weighted by molar-refractivity contribution is 6.74. The molecule has 0 saturated heterocycles. The van der Waals surface area contributed by atoms with Crippen molar-refractivity contribution in [1.29, 1.82) is 0 Å². The Kier molecular flexibility index (Phi) is 6.93. The van der Waals surface area contributed by atoms with Crippen molar-refractivity contribution in [3.63, 3.8) is 0 Å². The molecule has 0 unspecified atom stereocenters. The zero-order valence-electron chi connectivity index (χ0n) is 23.6. The van der Waals surface area contributed by atoms with Crippen molar-refractivity contribution in [2.75, 3.05) is 6.61 Å². The lowest BCUT2D eigenvalue weighted by Crippen LogP contribution is -2.49. The van der Waals surface area contributed by atoms with Crippen molar-refractivity contribution in [3.8, 4) is 5.75 Å². The van der Waals surface area contributed by atoms with Gasteiger partial charge in [0.1, 0.15) is 5.75 Å². The Balaban J connectivity index is 1.46. The molecule has 4 saturated carbocycles. The minimum atomic E-state index is -1.96. The van der Waals surface area contributed by atoms with Gasteiger partial charge in [-0.1, -0.05) is 51.1 Å². The molecule has 0 aromatic heterocycles. The number of rotatable bonds is 7. The summed E-state index contributed by atoms with van der Waals surface area (Å²) in [6.45, 7) is 13.9. The van der Waals surface area contributed by atoms with Gasteiger partial charge in [-0.3, -0.25) is 0 Å². The van der Waals surface area contributed by atoms with E-state index in [1.807, 2.05) is 31.2 Å². The molecule has 4 fully saturated rings. The van der Waals surface area contributed by atoms with Crippen LogP contribution in [-0.2, 0) is 10.2 Å². The number of benzene rings is 2. The summed E-state index contributed by atoms with van der Waals surface area (Å²) < 4.78 is 12.1. The van der Waals surface area contributed by atoms with Gasteiger partial charge in [0.25, 0.3) is 0 Å². The molecule has 198 valence electrons. The van der Waals surface area contributed by atoms with Crippen LogP contribution in [0.25, 0.3) is 12.2 Å². The van der Waals surface area contributed by atoms with Gasteiger partial charge in [-0.25, -0.2) is 4.79 Å². The average molecular weight is 517 g/mol. The van der Waals surface area contributed by atoms with E-state index in [0.717, 1.165) is 29.1 Å². The Morgan fingerprint density at radius 2 is 1.46 bits per heavy atom. The van der Waals surface area contributed by atoms with Crippen molar-refractivity contribution < 1.29 is 14.0 Å². The van der Waals surface area contributed by atoms with E-state index in [0.29, 0.717) is 12.2 Å². The fourth-order valence-electron chi connectivity index (χ4n) is 7.16. The molecule has 0 aliphatic heterocycles. The summed E-state index contributed by atoms with van der Waals surface area (Å²) in [7, 11) is -1.96. The van der Waals surface area contributed by atoms with Crippen LogP contribution in [0.1, 0.15) is 93.3 Å². The first-order valence-electron chi connectivity index (χ1n) is 14.3. The molecule has 6 rings (SSSR count). The van der Waals surface area contributed by atoms with E-state index >= 15 is 0 Å². The van der Waals surface area contributed by atoms with Crippen molar-refractivity contribution >= 4 is 26.4 Å². The Hall–Kier alpha value is -2.33. The average Bonchev–Trinajstić information content (AvgIpc) is 2.82. The molecule has 0 N–H and O–H groups in total. The molecule has 0 heterocycles. The van der Waals surface area contributed by atoms with Crippen LogP contribution in [-0.4, -0.2) is 20.9 Å². The van der Waals surface area contributed by atoms with E-state index in [4.69, 9.17) is 9.16 Å². The molecule has 2 aromatic carbocycles. The topological polar surface area (TPSA) is 35.5 Å². The number of carbonyl (C=O) groups excluding carboxylic acids is 1. The summed E-state index contributed by atoms with van der Waals surface area (Å²) in [6.07, 6.45) is 12.7. The fourth-order valence-corrected chi connectivity index (χ4v) is 8.19. The molecule has 0 radical (unpaired) electrons. The van der Waals surface area contributed by atoms with Gasteiger partial charge in [0.05, 0.1) is 12.2 Å². The highest BCUT2D eigenvalue weighted by atomic mass is 28.4. The zero-order valence-corrected chi connectivity index (χ0v) is 24.6. The number of hydrogen-bond acceptors (Lipinski definition) is 3. The minimum absolute atomic E-state index is 0.167. The third-order valence-electron chi connectivity index (χ3n) is 9.67. The second-order valence-electron chi connectivity index (χ2n) is 13.5. The maximum atomic E-state index is 12.0. The lowest BCUT2D eigenvalue weighted by atomic mass is 9.48. The van der Waals surface area contributed by atoms with E-state index in [9.17, 15) is 4.79 Å². The Bertz CT molecular complexity index is 1130. The number of ether oxygens (including phenoxy) is 1. The third kappa shape index (κ3) is 5.32. The summed E-state index contributed by atoms with van der Waals surface area (Å²) >= 11 is 0. The first-order valence-corrected chi connectivity index (χ1v) is 17.2. The number of hydrogen-bond donors (Lipinski definition) is 0. The first kappa shape index (κ1) is 26.3. The largest absolute Gasteiger partial charge is 0.543 e. The van der Waals surface area contributed by atoms with Gasteiger partial charge in [-0.15, -0.1) is 0 Å². The van der Waals surface area contributed by atoms with Crippen LogP contribution < -0.4 is 4.43 Å². The normalized spacial score (nSPS) is 27.0. The monoisotopic (exact) mass is 516 g/mol. The van der Waals surface area contributed by atoms with E-state index < -0.39 is 8.32 Å². The summed E-state index contributed by atoms with van der Waals surface area (Å²) in [4.78, 5) is 12.0. The van der Waals surface area contributed by atoms with Crippen LogP contribution in [0, 0.1) is 17.8 Å². The van der Waals surface area contributed by atoms with Crippen LogP contribution in [0.15, 0.2) is 42.5 Å². The lowest BCUT2D eigenvalue weighted by Gasteiger charge is -2.57.